The predicted octanol–water partition coefficient (Wildman–Crippen LogP) is 2.22. The Hall–Kier alpha value is -1.96. The van der Waals surface area contributed by atoms with Crippen molar-refractivity contribution in [3.63, 3.8) is 0 Å². The minimum absolute atomic E-state index is 0.948. The monoisotopic (exact) mass is 194 g/mol. The van der Waals surface area contributed by atoms with Crippen molar-refractivity contribution in [1.29, 1.82) is 0 Å². The molecule has 72 valence electrons. The fraction of sp³-hybridized carbons (Fsp3) is 0.0769. The third kappa shape index (κ3) is 1.05. The third-order valence-corrected chi connectivity index (χ3v) is 2.76. The van der Waals surface area contributed by atoms with Crippen LogP contribution in [0.5, 0.6) is 0 Å². The first-order chi connectivity index (χ1) is 7.27. The quantitative estimate of drug-likeness (QED) is 0.548. The van der Waals surface area contributed by atoms with Gasteiger partial charge in [0.1, 0.15) is 0 Å². The van der Waals surface area contributed by atoms with Gasteiger partial charge in [0.2, 0.25) is 0 Å². The lowest BCUT2D eigenvalue weighted by Gasteiger charge is -2.06. The Labute approximate surface area is 87.3 Å². The average Bonchev–Trinajstić information content (AvgIpc) is 2.25. The van der Waals surface area contributed by atoms with Crippen molar-refractivity contribution < 1.29 is 0 Å². The predicted molar refractivity (Wildman–Crippen MR) is 62.5 cm³/mol. The molecule has 0 aliphatic rings. The Bertz CT molecular complexity index is 685. The first-order valence-electron chi connectivity index (χ1n) is 4.89. The summed E-state index contributed by atoms with van der Waals surface area (Å²) in [6, 6.07) is 6.08. The Balaban J connectivity index is 2.79. The molecule has 0 bridgehead atoms. The third-order valence-electron chi connectivity index (χ3n) is 2.76. The van der Waals surface area contributed by atoms with Crippen LogP contribution in [0.25, 0.3) is 28.3 Å². The first-order valence-corrected chi connectivity index (χ1v) is 4.89. The highest BCUT2D eigenvalue weighted by atomic mass is 14.7. The molecule has 3 rings (SSSR count). The zero-order chi connectivity index (χ0) is 10.4. The van der Waals surface area contributed by atoms with Crippen LogP contribution < -0.4 is 5.22 Å². The normalized spacial score (nSPS) is 11.3. The maximum absolute atomic E-state index is 4.38. The van der Waals surface area contributed by atoms with Crippen molar-refractivity contribution in [2.24, 2.45) is 0 Å². The lowest BCUT2D eigenvalue weighted by Crippen LogP contribution is -2.04. The van der Waals surface area contributed by atoms with E-state index in [1.165, 1.54) is 5.39 Å². The van der Waals surface area contributed by atoms with Crippen molar-refractivity contribution in [2.45, 2.75) is 6.92 Å². The van der Waals surface area contributed by atoms with E-state index in [0.29, 0.717) is 0 Å². The van der Waals surface area contributed by atoms with Gasteiger partial charge < -0.3 is 0 Å². The molecule has 2 nitrogen and oxygen atoms in total. The molecule has 0 unspecified atom stereocenters. The lowest BCUT2D eigenvalue weighted by molar-refractivity contribution is 1.24. The van der Waals surface area contributed by atoms with E-state index >= 15 is 0 Å². The average molecular weight is 194 g/mol. The molecule has 0 N–H and O–H groups in total. The van der Waals surface area contributed by atoms with E-state index in [0.717, 1.165) is 27.2 Å². The summed E-state index contributed by atoms with van der Waals surface area (Å²) in [7, 11) is 0. The Morgan fingerprint density at radius 2 is 1.93 bits per heavy atom. The van der Waals surface area contributed by atoms with Crippen LogP contribution in [0.1, 0.15) is 5.69 Å². The van der Waals surface area contributed by atoms with E-state index < -0.39 is 0 Å². The summed E-state index contributed by atoms with van der Waals surface area (Å²) in [5.41, 5.74) is 2.03. The molecule has 2 heterocycles. The molecule has 0 saturated carbocycles. The summed E-state index contributed by atoms with van der Waals surface area (Å²) in [5.74, 6) is 0. The summed E-state index contributed by atoms with van der Waals surface area (Å²) >= 11 is 0. The molecule has 0 aliphatic heterocycles. The topological polar surface area (TPSA) is 25.8 Å². The van der Waals surface area contributed by atoms with Gasteiger partial charge in [0.25, 0.3) is 0 Å². The molecule has 0 fully saturated rings. The van der Waals surface area contributed by atoms with Gasteiger partial charge in [-0.25, -0.2) is 0 Å². The number of hydrogen-bond donors (Lipinski definition) is 0. The standard InChI is InChI=1S/C13H10N2/c1-8-6-15-11-5-3-4-10-7-14-9(2)12(8)13(10)11/h3-7H,1H2,2H3. The number of aryl methyl sites for hydroxylation is 1. The SMILES string of the molecule is C=c1cnc2cccc3cnc(C)c1c32. The summed E-state index contributed by atoms with van der Waals surface area (Å²) in [6.45, 7) is 6.02. The van der Waals surface area contributed by atoms with Crippen molar-refractivity contribution in [3.8, 4) is 0 Å². The lowest BCUT2D eigenvalue weighted by atomic mass is 10.0. The number of pyridine rings is 2. The van der Waals surface area contributed by atoms with Crippen molar-refractivity contribution in [1.82, 2.24) is 9.97 Å². The Morgan fingerprint density at radius 1 is 1.07 bits per heavy atom. The van der Waals surface area contributed by atoms with Crippen molar-refractivity contribution in [3.05, 3.63) is 41.5 Å². The van der Waals surface area contributed by atoms with Gasteiger partial charge in [-0.3, -0.25) is 9.97 Å². The molecule has 0 aliphatic carbocycles. The summed E-state index contributed by atoms with van der Waals surface area (Å²) in [6.07, 6.45) is 3.71. The van der Waals surface area contributed by atoms with Crippen LogP contribution in [0.15, 0.2) is 30.6 Å². The molecule has 1 aromatic carbocycles. The number of aromatic nitrogens is 2. The van der Waals surface area contributed by atoms with Crippen molar-refractivity contribution in [2.75, 3.05) is 0 Å². The Kier molecular flexibility index (Phi) is 1.54. The van der Waals surface area contributed by atoms with Crippen LogP contribution in [-0.4, -0.2) is 9.97 Å². The molecule has 0 amide bonds. The van der Waals surface area contributed by atoms with E-state index in [2.05, 4.69) is 22.6 Å². The van der Waals surface area contributed by atoms with Crippen LogP contribution in [0, 0.1) is 6.92 Å². The zero-order valence-electron chi connectivity index (χ0n) is 8.49. The maximum Gasteiger partial charge on any atom is 0.0715 e. The highest BCUT2D eigenvalue weighted by Crippen LogP contribution is 2.23. The second-order valence-electron chi connectivity index (χ2n) is 3.74. The van der Waals surface area contributed by atoms with Gasteiger partial charge in [0, 0.05) is 34.2 Å². The van der Waals surface area contributed by atoms with Crippen LogP contribution >= 0.6 is 0 Å². The van der Waals surface area contributed by atoms with Gasteiger partial charge in [-0.15, -0.1) is 0 Å². The number of nitrogens with zero attached hydrogens (tertiary/aromatic N) is 2. The van der Waals surface area contributed by atoms with Gasteiger partial charge in [0.15, 0.2) is 0 Å². The molecule has 2 aromatic heterocycles. The molecule has 15 heavy (non-hydrogen) atoms. The minimum Gasteiger partial charge on any atom is -0.260 e. The fourth-order valence-corrected chi connectivity index (χ4v) is 2.06. The molecule has 3 aromatic rings. The fourth-order valence-electron chi connectivity index (χ4n) is 2.06. The molecule has 2 heteroatoms. The van der Waals surface area contributed by atoms with Crippen LogP contribution in [-0.2, 0) is 0 Å². The van der Waals surface area contributed by atoms with Crippen LogP contribution in [0.3, 0.4) is 0 Å². The van der Waals surface area contributed by atoms with E-state index in [9.17, 15) is 0 Å². The zero-order valence-corrected chi connectivity index (χ0v) is 8.49. The minimum atomic E-state index is 0.948. The smallest absolute Gasteiger partial charge is 0.0715 e. The number of hydrogen-bond acceptors (Lipinski definition) is 2. The van der Waals surface area contributed by atoms with Gasteiger partial charge in [-0.2, -0.15) is 0 Å². The maximum atomic E-state index is 4.38. The number of rotatable bonds is 0. The van der Waals surface area contributed by atoms with E-state index in [-0.39, 0.29) is 0 Å². The van der Waals surface area contributed by atoms with E-state index in [4.69, 9.17) is 0 Å². The first kappa shape index (κ1) is 8.36. The second kappa shape index (κ2) is 2.76. The van der Waals surface area contributed by atoms with Gasteiger partial charge >= 0.3 is 0 Å². The van der Waals surface area contributed by atoms with Gasteiger partial charge in [-0.05, 0) is 18.2 Å². The van der Waals surface area contributed by atoms with Crippen LogP contribution in [0.2, 0.25) is 0 Å². The summed E-state index contributed by atoms with van der Waals surface area (Å²) in [4.78, 5) is 8.76. The molecule has 0 atom stereocenters. The van der Waals surface area contributed by atoms with E-state index in [1.54, 1.807) is 0 Å². The molecular formula is C13H10N2. The van der Waals surface area contributed by atoms with Gasteiger partial charge in [0.05, 0.1) is 5.52 Å². The summed E-state index contributed by atoms with van der Waals surface area (Å²) in [5, 5.41) is 4.39. The molecule has 0 spiro atoms. The highest BCUT2D eigenvalue weighted by Gasteiger charge is 2.05. The highest BCUT2D eigenvalue weighted by molar-refractivity contribution is 6.08. The number of benzene rings is 1. The Morgan fingerprint density at radius 3 is 2.80 bits per heavy atom. The van der Waals surface area contributed by atoms with E-state index in [1.807, 2.05) is 31.5 Å². The second-order valence-corrected chi connectivity index (χ2v) is 3.74. The molecular weight excluding hydrogens is 184 g/mol. The van der Waals surface area contributed by atoms with Crippen LogP contribution in [0.4, 0.5) is 0 Å². The molecule has 0 radical (unpaired) electrons. The molecule has 0 saturated heterocycles. The summed E-state index contributed by atoms with van der Waals surface area (Å²) < 4.78 is 0. The largest absolute Gasteiger partial charge is 0.260 e. The van der Waals surface area contributed by atoms with Gasteiger partial charge in [-0.1, -0.05) is 18.7 Å². The van der Waals surface area contributed by atoms with Crippen molar-refractivity contribution >= 4 is 28.3 Å².